The van der Waals surface area contributed by atoms with Crippen LogP contribution in [0.25, 0.3) is 0 Å². The van der Waals surface area contributed by atoms with E-state index in [2.05, 4.69) is 20.6 Å². The van der Waals surface area contributed by atoms with E-state index in [1.54, 1.807) is 5.38 Å². The molecule has 0 saturated heterocycles. The average molecular weight is 382 g/mol. The van der Waals surface area contributed by atoms with E-state index in [1.165, 1.54) is 29.7 Å². The number of rotatable bonds is 6. The Labute approximate surface area is 159 Å². The molecule has 3 rings (SSSR count). The molecule has 138 valence electrons. The molecule has 27 heavy (non-hydrogen) atoms. The standard InChI is InChI=1S/C19H18N4O3S/c1-12(13-5-3-2-4-6-13)21-17(25)9-15-11-27-19(22-15)23-18(26)14-7-8-16(24)20-10-14/h2-8,10-12H,9H2,1H3,(H,20,24)(H,21,25)(H,22,23,26)/t12-/m0/s1. The highest BCUT2D eigenvalue weighted by atomic mass is 32.1. The van der Waals surface area contributed by atoms with Gasteiger partial charge in [0.05, 0.1) is 23.7 Å². The quantitative estimate of drug-likeness (QED) is 0.609. The Morgan fingerprint density at radius 2 is 1.96 bits per heavy atom. The van der Waals surface area contributed by atoms with E-state index in [0.717, 1.165) is 5.56 Å². The summed E-state index contributed by atoms with van der Waals surface area (Å²) in [6.07, 6.45) is 1.47. The molecular formula is C19H18N4O3S. The third-order valence-corrected chi connectivity index (χ3v) is 4.64. The molecule has 0 radical (unpaired) electrons. The number of aromatic nitrogens is 2. The largest absolute Gasteiger partial charge is 0.349 e. The molecule has 2 aromatic heterocycles. The number of amides is 2. The zero-order valence-corrected chi connectivity index (χ0v) is 15.4. The van der Waals surface area contributed by atoms with Crippen molar-refractivity contribution in [2.24, 2.45) is 0 Å². The second-order valence-electron chi connectivity index (χ2n) is 5.92. The van der Waals surface area contributed by atoms with Gasteiger partial charge in [0.1, 0.15) is 0 Å². The van der Waals surface area contributed by atoms with Crippen molar-refractivity contribution in [3.05, 3.63) is 81.2 Å². The number of hydrogen-bond donors (Lipinski definition) is 3. The summed E-state index contributed by atoms with van der Waals surface area (Å²) in [7, 11) is 0. The molecule has 2 amide bonds. The van der Waals surface area contributed by atoms with Crippen LogP contribution in [-0.4, -0.2) is 21.8 Å². The van der Waals surface area contributed by atoms with Crippen LogP contribution >= 0.6 is 11.3 Å². The number of carbonyl (C=O) groups is 2. The third kappa shape index (κ3) is 5.11. The molecule has 0 bridgehead atoms. The highest BCUT2D eigenvalue weighted by molar-refractivity contribution is 7.14. The Morgan fingerprint density at radius 3 is 2.67 bits per heavy atom. The summed E-state index contributed by atoms with van der Waals surface area (Å²) in [5.74, 6) is -0.524. The van der Waals surface area contributed by atoms with Crippen molar-refractivity contribution < 1.29 is 9.59 Å². The maximum absolute atomic E-state index is 12.2. The number of anilines is 1. The van der Waals surface area contributed by atoms with Crippen LogP contribution in [0.5, 0.6) is 0 Å². The molecular weight excluding hydrogens is 364 g/mol. The Morgan fingerprint density at radius 1 is 1.19 bits per heavy atom. The van der Waals surface area contributed by atoms with Crippen molar-refractivity contribution in [2.45, 2.75) is 19.4 Å². The van der Waals surface area contributed by atoms with Gasteiger partial charge >= 0.3 is 0 Å². The van der Waals surface area contributed by atoms with Gasteiger partial charge < -0.3 is 10.3 Å². The van der Waals surface area contributed by atoms with Gasteiger partial charge in [-0.3, -0.25) is 19.7 Å². The van der Waals surface area contributed by atoms with Gasteiger partial charge in [0.25, 0.3) is 5.91 Å². The number of carbonyl (C=O) groups excluding carboxylic acids is 2. The lowest BCUT2D eigenvalue weighted by atomic mass is 10.1. The van der Waals surface area contributed by atoms with Crippen LogP contribution in [0, 0.1) is 0 Å². The SMILES string of the molecule is C[C@H](NC(=O)Cc1csc(NC(=O)c2ccc(=O)[nH]c2)n1)c1ccccc1. The molecule has 8 heteroatoms. The van der Waals surface area contributed by atoms with E-state index in [1.807, 2.05) is 37.3 Å². The minimum Gasteiger partial charge on any atom is -0.349 e. The molecule has 3 aromatic rings. The van der Waals surface area contributed by atoms with Gasteiger partial charge in [0.2, 0.25) is 11.5 Å². The maximum atomic E-state index is 12.2. The second kappa shape index (κ2) is 8.41. The monoisotopic (exact) mass is 382 g/mol. The van der Waals surface area contributed by atoms with Crippen LogP contribution in [0.4, 0.5) is 5.13 Å². The average Bonchev–Trinajstić information content (AvgIpc) is 3.09. The van der Waals surface area contributed by atoms with Crippen LogP contribution in [0.3, 0.4) is 0 Å². The van der Waals surface area contributed by atoms with E-state index in [4.69, 9.17) is 0 Å². The summed E-state index contributed by atoms with van der Waals surface area (Å²) in [4.78, 5) is 42.1. The number of hydrogen-bond acceptors (Lipinski definition) is 5. The van der Waals surface area contributed by atoms with Gasteiger partial charge in [-0.25, -0.2) is 4.98 Å². The Kier molecular flexibility index (Phi) is 5.77. The van der Waals surface area contributed by atoms with E-state index < -0.39 is 0 Å². The topological polar surface area (TPSA) is 104 Å². The first-order valence-corrected chi connectivity index (χ1v) is 9.18. The fraction of sp³-hybridized carbons (Fsp3) is 0.158. The molecule has 0 fully saturated rings. The highest BCUT2D eigenvalue weighted by Crippen LogP contribution is 2.17. The molecule has 0 saturated carbocycles. The van der Waals surface area contributed by atoms with Gasteiger partial charge in [0, 0.05) is 17.6 Å². The van der Waals surface area contributed by atoms with Gasteiger partial charge in [-0.2, -0.15) is 0 Å². The lowest BCUT2D eigenvalue weighted by Crippen LogP contribution is -2.28. The molecule has 0 aliphatic rings. The van der Waals surface area contributed by atoms with Crippen molar-refractivity contribution in [1.82, 2.24) is 15.3 Å². The predicted molar refractivity (Wildman–Crippen MR) is 104 cm³/mol. The number of nitrogens with zero attached hydrogens (tertiary/aromatic N) is 1. The van der Waals surface area contributed by atoms with Gasteiger partial charge in [-0.05, 0) is 18.6 Å². The molecule has 0 aliphatic carbocycles. The molecule has 2 heterocycles. The van der Waals surface area contributed by atoms with Gasteiger partial charge in [-0.15, -0.1) is 11.3 Å². The number of pyridine rings is 1. The van der Waals surface area contributed by atoms with E-state index in [0.29, 0.717) is 16.4 Å². The number of nitrogens with one attached hydrogen (secondary N) is 3. The summed E-state index contributed by atoms with van der Waals surface area (Å²) < 4.78 is 0. The fourth-order valence-corrected chi connectivity index (χ4v) is 3.15. The first-order chi connectivity index (χ1) is 13.0. The fourth-order valence-electron chi connectivity index (χ4n) is 2.45. The molecule has 0 spiro atoms. The summed E-state index contributed by atoms with van der Waals surface area (Å²) in [6, 6.07) is 12.3. The first-order valence-electron chi connectivity index (χ1n) is 8.30. The summed E-state index contributed by atoms with van der Waals surface area (Å²) >= 11 is 1.24. The van der Waals surface area contributed by atoms with Crippen LogP contribution in [0.1, 0.15) is 34.6 Å². The van der Waals surface area contributed by atoms with Crippen LogP contribution in [-0.2, 0) is 11.2 Å². The zero-order chi connectivity index (χ0) is 19.2. The van der Waals surface area contributed by atoms with E-state index in [-0.39, 0.29) is 29.8 Å². The third-order valence-electron chi connectivity index (χ3n) is 3.84. The maximum Gasteiger partial charge on any atom is 0.258 e. The van der Waals surface area contributed by atoms with Gasteiger partial charge in [-0.1, -0.05) is 30.3 Å². The highest BCUT2D eigenvalue weighted by Gasteiger charge is 2.13. The molecule has 0 aliphatic heterocycles. The van der Waals surface area contributed by atoms with Crippen molar-refractivity contribution in [3.63, 3.8) is 0 Å². The second-order valence-corrected chi connectivity index (χ2v) is 6.77. The number of H-pyrrole nitrogens is 1. The summed E-state index contributed by atoms with van der Waals surface area (Å²) in [5, 5.41) is 7.71. The van der Waals surface area contributed by atoms with Crippen molar-refractivity contribution >= 4 is 28.3 Å². The molecule has 1 atom stereocenters. The van der Waals surface area contributed by atoms with Crippen molar-refractivity contribution in [1.29, 1.82) is 0 Å². The van der Waals surface area contributed by atoms with Gasteiger partial charge in [0.15, 0.2) is 5.13 Å². The van der Waals surface area contributed by atoms with E-state index >= 15 is 0 Å². The Balaban J connectivity index is 1.55. The molecule has 1 aromatic carbocycles. The number of aromatic amines is 1. The number of benzene rings is 1. The Bertz CT molecular complexity index is 977. The van der Waals surface area contributed by atoms with Crippen molar-refractivity contribution in [3.8, 4) is 0 Å². The van der Waals surface area contributed by atoms with E-state index in [9.17, 15) is 14.4 Å². The molecule has 0 unspecified atom stereocenters. The summed E-state index contributed by atoms with van der Waals surface area (Å²) in [5.41, 5.74) is 1.65. The number of thiazole rings is 1. The van der Waals surface area contributed by atoms with Crippen LogP contribution in [0.2, 0.25) is 0 Å². The van der Waals surface area contributed by atoms with Crippen LogP contribution in [0.15, 0.2) is 58.8 Å². The molecule has 3 N–H and O–H groups in total. The zero-order valence-electron chi connectivity index (χ0n) is 14.6. The lowest BCUT2D eigenvalue weighted by molar-refractivity contribution is -0.121. The normalized spacial score (nSPS) is 11.6. The summed E-state index contributed by atoms with van der Waals surface area (Å²) in [6.45, 7) is 1.92. The lowest BCUT2D eigenvalue weighted by Gasteiger charge is -2.13. The Hall–Kier alpha value is -3.26. The predicted octanol–water partition coefficient (Wildman–Crippen LogP) is 2.50. The van der Waals surface area contributed by atoms with Crippen LogP contribution < -0.4 is 16.2 Å². The van der Waals surface area contributed by atoms with Crippen molar-refractivity contribution in [2.75, 3.05) is 5.32 Å². The smallest absolute Gasteiger partial charge is 0.258 e. The minimum atomic E-state index is -0.380. The first kappa shape index (κ1) is 18.5. The molecule has 7 nitrogen and oxygen atoms in total. The minimum absolute atomic E-state index is 0.100.